The molecule has 2 atom stereocenters. The van der Waals surface area contributed by atoms with Crippen LogP contribution in [0.5, 0.6) is 5.75 Å². The molecule has 1 amide bonds. The molecule has 0 radical (unpaired) electrons. The van der Waals surface area contributed by atoms with Gasteiger partial charge in [0.15, 0.2) is 0 Å². The molecule has 0 spiro atoms. The van der Waals surface area contributed by atoms with E-state index in [1.165, 1.54) is 0 Å². The molecule has 0 fully saturated rings. The maximum absolute atomic E-state index is 12.6. The van der Waals surface area contributed by atoms with Crippen LogP contribution in [0.2, 0.25) is 0 Å². The van der Waals surface area contributed by atoms with Crippen LogP contribution in [0.15, 0.2) is 54.6 Å². The molecule has 0 aromatic heterocycles. The summed E-state index contributed by atoms with van der Waals surface area (Å²) in [7, 11) is 0. The van der Waals surface area contributed by atoms with Crippen molar-refractivity contribution in [1.29, 1.82) is 0 Å². The molecular formula is C21H25NO4. The van der Waals surface area contributed by atoms with Gasteiger partial charge in [0.2, 0.25) is 5.91 Å². The quantitative estimate of drug-likeness (QED) is 0.714. The average Bonchev–Trinajstić information content (AvgIpc) is 2.64. The Morgan fingerprint density at radius 1 is 1.00 bits per heavy atom. The molecule has 2 aromatic rings. The fourth-order valence-corrected chi connectivity index (χ4v) is 2.68. The van der Waals surface area contributed by atoms with Crippen molar-refractivity contribution in [3.63, 3.8) is 0 Å². The second-order valence-electron chi connectivity index (χ2n) is 6.27. The largest absolute Gasteiger partial charge is 0.508 e. The zero-order valence-electron chi connectivity index (χ0n) is 15.1. The lowest BCUT2D eigenvalue weighted by Crippen LogP contribution is -2.45. The van der Waals surface area contributed by atoms with Crippen LogP contribution in [-0.2, 0) is 27.2 Å². The average molecular weight is 355 g/mol. The Bertz CT molecular complexity index is 713. The number of hydrogen-bond donors (Lipinski definition) is 2. The molecule has 0 aliphatic rings. The van der Waals surface area contributed by atoms with Gasteiger partial charge >= 0.3 is 5.97 Å². The van der Waals surface area contributed by atoms with Crippen LogP contribution in [0.1, 0.15) is 25.0 Å². The van der Waals surface area contributed by atoms with E-state index in [0.717, 1.165) is 11.1 Å². The van der Waals surface area contributed by atoms with E-state index in [0.29, 0.717) is 12.8 Å². The van der Waals surface area contributed by atoms with Crippen molar-refractivity contribution in [2.24, 2.45) is 5.92 Å². The number of carbonyl (C=O) groups excluding carboxylic acids is 2. The molecule has 2 aromatic carbocycles. The Balaban J connectivity index is 2.03. The van der Waals surface area contributed by atoms with Gasteiger partial charge in [-0.25, -0.2) is 4.79 Å². The molecule has 26 heavy (non-hydrogen) atoms. The van der Waals surface area contributed by atoms with Crippen molar-refractivity contribution in [1.82, 2.24) is 5.32 Å². The third-order valence-corrected chi connectivity index (χ3v) is 4.10. The molecule has 0 aliphatic carbocycles. The number of nitrogens with one attached hydrogen (secondary N) is 1. The Morgan fingerprint density at radius 3 is 2.23 bits per heavy atom. The fourth-order valence-electron chi connectivity index (χ4n) is 2.68. The molecule has 138 valence electrons. The van der Waals surface area contributed by atoms with Gasteiger partial charge in [0, 0.05) is 12.3 Å². The first kappa shape index (κ1) is 19.5. The van der Waals surface area contributed by atoms with Crippen molar-refractivity contribution < 1.29 is 19.4 Å². The summed E-state index contributed by atoms with van der Waals surface area (Å²) < 4.78 is 5.10. The normalized spacial score (nSPS) is 12.8. The molecule has 0 bridgehead atoms. The zero-order chi connectivity index (χ0) is 18.9. The van der Waals surface area contributed by atoms with Crippen LogP contribution < -0.4 is 5.32 Å². The van der Waals surface area contributed by atoms with E-state index in [2.05, 4.69) is 5.32 Å². The number of phenols is 1. The molecule has 2 N–H and O–H groups in total. The van der Waals surface area contributed by atoms with E-state index in [4.69, 9.17) is 4.74 Å². The minimum absolute atomic E-state index is 0.155. The fraction of sp³-hybridized carbons (Fsp3) is 0.333. The van der Waals surface area contributed by atoms with Gasteiger partial charge < -0.3 is 15.2 Å². The van der Waals surface area contributed by atoms with Crippen LogP contribution in [0.25, 0.3) is 0 Å². The molecule has 1 unspecified atom stereocenters. The van der Waals surface area contributed by atoms with E-state index in [1.54, 1.807) is 31.2 Å². The first-order valence-electron chi connectivity index (χ1n) is 8.78. The summed E-state index contributed by atoms with van der Waals surface area (Å²) >= 11 is 0. The number of amides is 1. The number of ether oxygens (including phenoxy) is 1. The van der Waals surface area contributed by atoms with Gasteiger partial charge in [-0.05, 0) is 36.6 Å². The first-order chi connectivity index (χ1) is 12.5. The van der Waals surface area contributed by atoms with Gasteiger partial charge in [0.05, 0.1) is 6.61 Å². The van der Waals surface area contributed by atoms with Gasteiger partial charge in [0.1, 0.15) is 11.8 Å². The summed E-state index contributed by atoms with van der Waals surface area (Å²) in [5.41, 5.74) is 1.90. The zero-order valence-corrected chi connectivity index (χ0v) is 15.1. The van der Waals surface area contributed by atoms with E-state index in [-0.39, 0.29) is 24.2 Å². The number of rotatable bonds is 8. The maximum Gasteiger partial charge on any atom is 0.328 e. The van der Waals surface area contributed by atoms with Gasteiger partial charge in [-0.3, -0.25) is 4.79 Å². The molecule has 2 rings (SSSR count). The second kappa shape index (κ2) is 9.61. The number of aromatic hydroxyl groups is 1. The summed E-state index contributed by atoms with van der Waals surface area (Å²) in [4.78, 5) is 24.8. The SMILES string of the molecule is CCOC(=O)[C@H](Cc1ccc(O)cc1)NC(=O)C(C)Cc1ccccc1. The summed E-state index contributed by atoms with van der Waals surface area (Å²) in [6, 6.07) is 15.6. The summed E-state index contributed by atoms with van der Waals surface area (Å²) in [5.74, 6) is -0.761. The van der Waals surface area contributed by atoms with Gasteiger partial charge in [0.25, 0.3) is 0 Å². The molecular weight excluding hydrogens is 330 g/mol. The van der Waals surface area contributed by atoms with Crippen molar-refractivity contribution in [3.05, 3.63) is 65.7 Å². The van der Waals surface area contributed by atoms with Crippen LogP contribution in [-0.4, -0.2) is 29.6 Å². The van der Waals surface area contributed by atoms with Crippen molar-refractivity contribution in [2.45, 2.75) is 32.7 Å². The van der Waals surface area contributed by atoms with Crippen LogP contribution in [0.4, 0.5) is 0 Å². The predicted molar refractivity (Wildman–Crippen MR) is 99.7 cm³/mol. The van der Waals surface area contributed by atoms with Crippen molar-refractivity contribution >= 4 is 11.9 Å². The van der Waals surface area contributed by atoms with Crippen LogP contribution in [0, 0.1) is 5.92 Å². The third-order valence-electron chi connectivity index (χ3n) is 4.10. The number of phenolic OH excluding ortho intramolecular Hbond substituents is 1. The highest BCUT2D eigenvalue weighted by Crippen LogP contribution is 2.13. The number of hydrogen-bond acceptors (Lipinski definition) is 4. The summed E-state index contributed by atoms with van der Waals surface area (Å²) in [6.07, 6.45) is 0.907. The highest BCUT2D eigenvalue weighted by molar-refractivity contribution is 5.86. The lowest BCUT2D eigenvalue weighted by molar-refractivity contribution is -0.147. The maximum atomic E-state index is 12.6. The predicted octanol–water partition coefficient (Wildman–Crippen LogP) is 2.86. The molecule has 0 saturated heterocycles. The molecule has 5 nitrogen and oxygen atoms in total. The van der Waals surface area contributed by atoms with Crippen molar-refractivity contribution in [3.8, 4) is 5.75 Å². The molecule has 0 aliphatic heterocycles. The van der Waals surface area contributed by atoms with E-state index in [9.17, 15) is 14.7 Å². The Kier molecular flexibility index (Phi) is 7.21. The van der Waals surface area contributed by atoms with Gasteiger partial charge in [-0.1, -0.05) is 49.4 Å². The van der Waals surface area contributed by atoms with Crippen LogP contribution in [0.3, 0.4) is 0 Å². The topological polar surface area (TPSA) is 75.6 Å². The number of carbonyl (C=O) groups is 2. The summed E-state index contributed by atoms with van der Waals surface area (Å²) in [5, 5.41) is 12.2. The van der Waals surface area contributed by atoms with Crippen molar-refractivity contribution in [2.75, 3.05) is 6.61 Å². The van der Waals surface area contributed by atoms with E-state index in [1.807, 2.05) is 37.3 Å². The van der Waals surface area contributed by atoms with Gasteiger partial charge in [-0.2, -0.15) is 0 Å². The minimum Gasteiger partial charge on any atom is -0.508 e. The molecule has 5 heteroatoms. The van der Waals surface area contributed by atoms with E-state index < -0.39 is 12.0 Å². The van der Waals surface area contributed by atoms with Gasteiger partial charge in [-0.15, -0.1) is 0 Å². The lowest BCUT2D eigenvalue weighted by atomic mass is 9.99. The molecule has 0 heterocycles. The molecule has 0 saturated carbocycles. The number of esters is 1. The highest BCUT2D eigenvalue weighted by atomic mass is 16.5. The number of benzene rings is 2. The Labute approximate surface area is 154 Å². The minimum atomic E-state index is -0.759. The Morgan fingerprint density at radius 2 is 1.62 bits per heavy atom. The highest BCUT2D eigenvalue weighted by Gasteiger charge is 2.25. The first-order valence-corrected chi connectivity index (χ1v) is 8.78. The summed E-state index contributed by atoms with van der Waals surface area (Å²) in [6.45, 7) is 3.82. The monoisotopic (exact) mass is 355 g/mol. The third kappa shape index (κ3) is 5.92. The second-order valence-corrected chi connectivity index (χ2v) is 6.27. The van der Waals surface area contributed by atoms with E-state index >= 15 is 0 Å². The lowest BCUT2D eigenvalue weighted by Gasteiger charge is -2.20. The smallest absolute Gasteiger partial charge is 0.328 e. The Hall–Kier alpha value is -2.82. The standard InChI is InChI=1S/C21H25NO4/c1-3-26-21(25)19(14-17-9-11-18(23)12-10-17)22-20(24)15(2)13-16-7-5-4-6-8-16/h4-12,15,19,23H,3,13-14H2,1-2H3,(H,22,24)/t15?,19-/m0/s1. The van der Waals surface area contributed by atoms with Crippen LogP contribution >= 0.6 is 0 Å².